The fourth-order valence-corrected chi connectivity index (χ4v) is 12.2. The van der Waals surface area contributed by atoms with Crippen molar-refractivity contribution in [2.24, 2.45) is 0 Å². The first-order chi connectivity index (χ1) is 52.7. The van der Waals surface area contributed by atoms with Crippen LogP contribution in [0, 0.1) is 0 Å². The third-order valence-corrected chi connectivity index (χ3v) is 18.9. The molecule has 0 heterocycles. The van der Waals surface area contributed by atoms with E-state index < -0.39 is 97.5 Å². The largest absolute Gasteiger partial charge is 0.472 e. The molecule has 3 N–H and O–H groups in total. The van der Waals surface area contributed by atoms with Crippen LogP contribution in [0.3, 0.4) is 0 Å². The second kappa shape index (κ2) is 79.8. The molecule has 0 aliphatic heterocycles. The van der Waals surface area contributed by atoms with Crippen LogP contribution in [-0.4, -0.2) is 96.7 Å². The van der Waals surface area contributed by atoms with Gasteiger partial charge in [-0.25, -0.2) is 9.13 Å². The molecular formula is C89H148O17P2. The van der Waals surface area contributed by atoms with Crippen molar-refractivity contribution < 1.29 is 80.2 Å². The molecule has 19 heteroatoms. The lowest BCUT2D eigenvalue weighted by Gasteiger charge is -2.21. The van der Waals surface area contributed by atoms with Gasteiger partial charge in [0.2, 0.25) is 0 Å². The molecule has 17 nitrogen and oxygen atoms in total. The molecule has 0 aromatic carbocycles. The van der Waals surface area contributed by atoms with Crippen molar-refractivity contribution in [3.05, 3.63) is 158 Å². The molecule has 108 heavy (non-hydrogen) atoms. The molecule has 0 saturated carbocycles. The van der Waals surface area contributed by atoms with E-state index in [-0.39, 0.29) is 25.7 Å². The minimum atomic E-state index is -5.01. The Morgan fingerprint density at radius 1 is 0.269 bits per heavy atom. The molecule has 0 aliphatic carbocycles. The van der Waals surface area contributed by atoms with Crippen LogP contribution < -0.4 is 0 Å². The van der Waals surface area contributed by atoms with E-state index in [0.717, 1.165) is 161 Å². The van der Waals surface area contributed by atoms with Gasteiger partial charge in [0.15, 0.2) is 12.2 Å². The van der Waals surface area contributed by atoms with Crippen LogP contribution in [-0.2, 0) is 65.4 Å². The van der Waals surface area contributed by atoms with Crippen LogP contribution >= 0.6 is 15.6 Å². The number of hydrogen-bond donors (Lipinski definition) is 3. The highest BCUT2D eigenvalue weighted by Gasteiger charge is 2.30. The van der Waals surface area contributed by atoms with Crippen molar-refractivity contribution in [2.75, 3.05) is 39.6 Å². The fraction of sp³-hybridized carbons (Fsp3) is 0.663. The Labute approximate surface area is 655 Å². The molecule has 5 atom stereocenters. The van der Waals surface area contributed by atoms with Crippen molar-refractivity contribution in [1.29, 1.82) is 0 Å². The first-order valence-electron chi connectivity index (χ1n) is 41.7. The van der Waals surface area contributed by atoms with Gasteiger partial charge in [-0.2, -0.15) is 0 Å². The summed E-state index contributed by atoms with van der Waals surface area (Å²) >= 11 is 0. The van der Waals surface area contributed by atoms with Crippen LogP contribution in [0.1, 0.15) is 323 Å². The fourth-order valence-electron chi connectivity index (χ4n) is 10.6. The van der Waals surface area contributed by atoms with Crippen LogP contribution in [0.2, 0.25) is 0 Å². The van der Waals surface area contributed by atoms with E-state index in [2.05, 4.69) is 167 Å². The zero-order valence-electron chi connectivity index (χ0n) is 67.5. The lowest BCUT2D eigenvalue weighted by Crippen LogP contribution is -2.30. The Hall–Kier alpha value is -5.32. The summed E-state index contributed by atoms with van der Waals surface area (Å²) in [5.41, 5.74) is 0. The predicted molar refractivity (Wildman–Crippen MR) is 445 cm³/mol. The first kappa shape index (κ1) is 103. The number of allylic oxidation sites excluding steroid dienone is 26. The minimum Gasteiger partial charge on any atom is -0.462 e. The normalized spacial score (nSPS) is 14.6. The van der Waals surface area contributed by atoms with Gasteiger partial charge >= 0.3 is 39.5 Å². The zero-order valence-corrected chi connectivity index (χ0v) is 69.3. The maximum Gasteiger partial charge on any atom is 0.472 e. The summed E-state index contributed by atoms with van der Waals surface area (Å²) in [4.78, 5) is 73.1. The summed E-state index contributed by atoms with van der Waals surface area (Å²) in [6.45, 7) is 4.57. The van der Waals surface area contributed by atoms with Gasteiger partial charge in [-0.1, -0.05) is 288 Å². The number of aliphatic hydroxyl groups is 1. The summed E-state index contributed by atoms with van der Waals surface area (Å²) in [6.07, 6.45) is 93.7. The minimum absolute atomic E-state index is 0.0248. The van der Waals surface area contributed by atoms with E-state index in [1.165, 1.54) is 77.0 Å². The Balaban J connectivity index is 5.50. The smallest absolute Gasteiger partial charge is 0.462 e. The second-order valence-electron chi connectivity index (χ2n) is 27.3. The van der Waals surface area contributed by atoms with Crippen molar-refractivity contribution in [3.8, 4) is 0 Å². The number of esters is 4. The van der Waals surface area contributed by atoms with E-state index in [4.69, 9.17) is 37.0 Å². The van der Waals surface area contributed by atoms with Crippen LogP contribution in [0.15, 0.2) is 158 Å². The number of unbranched alkanes of at least 4 members (excludes halogenated alkanes) is 25. The molecule has 0 radical (unpaired) electrons. The Kier molecular flexibility index (Phi) is 75.8. The molecule has 0 rings (SSSR count). The van der Waals surface area contributed by atoms with E-state index in [1.54, 1.807) is 0 Å². The average molecular weight is 1550 g/mol. The number of rotatable bonds is 77. The van der Waals surface area contributed by atoms with Crippen LogP contribution in [0.4, 0.5) is 0 Å². The molecule has 616 valence electrons. The average Bonchev–Trinajstić information content (AvgIpc) is 0.900. The number of phosphoric ester groups is 2. The predicted octanol–water partition coefficient (Wildman–Crippen LogP) is 24.8. The van der Waals surface area contributed by atoms with Gasteiger partial charge in [-0.3, -0.25) is 37.3 Å². The molecule has 0 aliphatic rings. The molecule has 0 spiro atoms. The van der Waals surface area contributed by atoms with Gasteiger partial charge in [0, 0.05) is 25.7 Å². The van der Waals surface area contributed by atoms with Crippen molar-refractivity contribution in [3.63, 3.8) is 0 Å². The summed E-state index contributed by atoms with van der Waals surface area (Å²) < 4.78 is 68.6. The van der Waals surface area contributed by atoms with Gasteiger partial charge in [-0.05, 0) is 167 Å². The Morgan fingerprint density at radius 2 is 0.500 bits per heavy atom. The van der Waals surface area contributed by atoms with Crippen LogP contribution in [0.25, 0.3) is 0 Å². The molecule has 0 amide bonds. The lowest BCUT2D eigenvalue weighted by molar-refractivity contribution is -0.161. The van der Waals surface area contributed by atoms with Gasteiger partial charge in [0.05, 0.1) is 26.4 Å². The zero-order chi connectivity index (χ0) is 78.9. The SMILES string of the molecule is CC/C=C\C/C=C\C/C=C\C/C=C\C/C=C\CCCCCC(=O)O[C@H](COC(=O)CC/C=C\C/C=C\C/C=C\C/C=C\C/C=C\CCCCC)COP(=O)(O)OCC(O)COP(=O)(O)OC[C@@H](COC(=O)CCCCCCC/C=C\C/C=C\CCCCC)OC(=O)CCCCCCC/C=C\CCCCCCCC. The number of ether oxygens (including phenoxy) is 4. The first-order valence-corrected chi connectivity index (χ1v) is 44.7. The third-order valence-electron chi connectivity index (χ3n) is 17.0. The van der Waals surface area contributed by atoms with Crippen molar-refractivity contribution >= 4 is 39.5 Å². The summed E-state index contributed by atoms with van der Waals surface area (Å²) in [5.74, 6) is -2.34. The van der Waals surface area contributed by atoms with Gasteiger partial charge in [-0.15, -0.1) is 0 Å². The highest BCUT2D eigenvalue weighted by Crippen LogP contribution is 2.45. The lowest BCUT2D eigenvalue weighted by atomic mass is 10.1. The standard InChI is InChI=1S/C89H148O17P2/c1-5-9-13-17-21-25-29-33-37-39-41-43-47-50-54-58-62-66-70-74-87(92)100-80-85(106-89(94)76-72-68-64-60-56-52-48-44-42-40-38-34-30-26-22-18-14-10-6-2)82-104-108(97,98)102-78-83(90)77-101-107(95,96)103-81-84(105-88(93)75-71-67-63-59-55-51-46-36-32-28-24-20-16-12-8-4)79-99-86(91)73-69-65-61-57-53-49-45-35-31-27-23-19-15-11-7-3/h10,14,21-23,25-27,33-38,41-46,50,52,54,56,62,66,83-85,90H,5-9,11-13,15-20,24,28-32,39-40,47-49,51,53,55,57-61,63-65,67-82H2,1-4H3,(H,95,96)(H,97,98)/b14-10-,25-21-,26-22-,27-23-,37-33-,38-34-,43-41-,44-42-,45-35-,46-36-,54-50-,56-52-,66-62-/t83?,84-,85-/m1/s1. The maximum absolute atomic E-state index is 13.1. The highest BCUT2D eigenvalue weighted by atomic mass is 31.2. The number of hydrogen-bond acceptors (Lipinski definition) is 15. The van der Waals surface area contributed by atoms with Crippen molar-refractivity contribution in [1.82, 2.24) is 0 Å². The molecule has 3 unspecified atom stereocenters. The number of aliphatic hydroxyl groups excluding tert-OH is 1. The molecule has 0 aromatic rings. The summed E-state index contributed by atoms with van der Waals surface area (Å²) in [7, 11) is -10.0. The Morgan fingerprint density at radius 3 is 0.833 bits per heavy atom. The third kappa shape index (κ3) is 78.8. The molecule has 0 fully saturated rings. The Bertz CT molecular complexity index is 2660. The highest BCUT2D eigenvalue weighted by molar-refractivity contribution is 7.47. The second-order valence-corrected chi connectivity index (χ2v) is 30.2. The molecule has 0 aromatic heterocycles. The number of carbonyl (C=O) groups is 4. The van der Waals surface area contributed by atoms with Gasteiger partial charge < -0.3 is 33.8 Å². The van der Waals surface area contributed by atoms with Gasteiger partial charge in [0.25, 0.3) is 0 Å². The number of carbonyl (C=O) groups excluding carboxylic acids is 4. The van der Waals surface area contributed by atoms with E-state index >= 15 is 0 Å². The quantitative estimate of drug-likeness (QED) is 0.0169. The van der Waals surface area contributed by atoms with Crippen LogP contribution in [0.5, 0.6) is 0 Å². The van der Waals surface area contributed by atoms with E-state index in [9.17, 15) is 43.2 Å². The van der Waals surface area contributed by atoms with E-state index in [1.807, 2.05) is 18.2 Å². The summed E-state index contributed by atoms with van der Waals surface area (Å²) in [6, 6.07) is 0. The van der Waals surface area contributed by atoms with Crippen molar-refractivity contribution in [2.45, 2.75) is 341 Å². The number of phosphoric acid groups is 2. The maximum atomic E-state index is 13.1. The van der Waals surface area contributed by atoms with Gasteiger partial charge in [0.1, 0.15) is 19.3 Å². The summed E-state index contributed by atoms with van der Waals surface area (Å²) in [5, 5.41) is 10.7. The topological polar surface area (TPSA) is 237 Å². The molecule has 0 saturated heterocycles. The molecular weight excluding hydrogens is 1400 g/mol. The monoisotopic (exact) mass is 1550 g/mol. The van der Waals surface area contributed by atoms with E-state index in [0.29, 0.717) is 32.1 Å². The molecule has 0 bridgehead atoms.